The zero-order valence-corrected chi connectivity index (χ0v) is 14.3. The molecule has 0 N–H and O–H groups in total. The number of rotatable bonds is 5. The van der Waals surface area contributed by atoms with Crippen LogP contribution in [0.2, 0.25) is 0 Å². The van der Waals surface area contributed by atoms with Crippen molar-refractivity contribution < 1.29 is 0 Å². The van der Waals surface area contributed by atoms with Crippen molar-refractivity contribution in [3.63, 3.8) is 0 Å². The molecule has 0 aromatic heterocycles. The van der Waals surface area contributed by atoms with E-state index in [-0.39, 0.29) is 0 Å². The molecule has 0 aromatic carbocycles. The van der Waals surface area contributed by atoms with Crippen LogP contribution in [0.15, 0.2) is 16.4 Å². The van der Waals surface area contributed by atoms with Crippen LogP contribution in [0.3, 0.4) is 0 Å². The Balaban J connectivity index is -0.000000506. The van der Waals surface area contributed by atoms with Gasteiger partial charge in [0.25, 0.3) is 0 Å². The molecule has 0 spiro atoms. The van der Waals surface area contributed by atoms with Gasteiger partial charge in [-0.3, -0.25) is 5.01 Å². The third-order valence-electron chi connectivity index (χ3n) is 2.17. The zero-order valence-electron chi connectivity index (χ0n) is 14.3. The Morgan fingerprint density at radius 2 is 1.39 bits per heavy atom. The van der Waals surface area contributed by atoms with Gasteiger partial charge in [0, 0.05) is 25.5 Å². The van der Waals surface area contributed by atoms with Crippen molar-refractivity contribution >= 4 is 6.21 Å². The van der Waals surface area contributed by atoms with Crippen molar-refractivity contribution in [2.75, 3.05) is 27.7 Å². The normalized spacial score (nSPS) is 9.28. The maximum absolute atomic E-state index is 4.34. The fourth-order valence-electron chi connectivity index (χ4n) is 0.906. The minimum absolute atomic E-state index is 0.993. The second kappa shape index (κ2) is 16.2. The van der Waals surface area contributed by atoms with Gasteiger partial charge >= 0.3 is 0 Å². The zero-order chi connectivity index (χ0) is 15.1. The van der Waals surface area contributed by atoms with Gasteiger partial charge in [-0.25, -0.2) is 0 Å². The van der Waals surface area contributed by atoms with E-state index < -0.39 is 0 Å². The maximum atomic E-state index is 4.34. The summed E-state index contributed by atoms with van der Waals surface area (Å²) in [6.07, 6.45) is 2.96. The van der Waals surface area contributed by atoms with E-state index in [4.69, 9.17) is 0 Å². The van der Waals surface area contributed by atoms with E-state index in [9.17, 15) is 0 Å². The summed E-state index contributed by atoms with van der Waals surface area (Å²) >= 11 is 0. The first-order valence-electron chi connectivity index (χ1n) is 7.00. The molecule has 0 aliphatic heterocycles. The largest absolute Gasteiger partial charge is 0.309 e. The van der Waals surface area contributed by atoms with Crippen LogP contribution in [-0.4, -0.2) is 43.8 Å². The van der Waals surface area contributed by atoms with E-state index in [2.05, 4.69) is 44.9 Å². The fraction of sp³-hybridized carbons (Fsp3) is 0.800. The molecular formula is C15H35N3. The first kappa shape index (κ1) is 22.4. The number of hydrogen-bond acceptors (Lipinski definition) is 3. The number of nitrogens with zero attached hydrogens (tertiary/aromatic N) is 3. The summed E-state index contributed by atoms with van der Waals surface area (Å²) in [6, 6.07) is 0. The molecule has 0 saturated carbocycles. The summed E-state index contributed by atoms with van der Waals surface area (Å²) in [4.78, 5) is 2.15. The molecule has 0 saturated heterocycles. The Morgan fingerprint density at radius 1 is 0.944 bits per heavy atom. The Bertz CT molecular complexity index is 214. The Labute approximate surface area is 116 Å². The summed E-state index contributed by atoms with van der Waals surface area (Å²) in [7, 11) is 6.12. The Hall–Kier alpha value is -0.830. The SMILES string of the molecule is CC.CC.CC(C)=C(C)N(C)/N=C/CCN(C)C. The molecule has 110 valence electrons. The molecule has 0 bridgehead atoms. The van der Waals surface area contributed by atoms with Crippen LogP contribution in [0.25, 0.3) is 0 Å². The van der Waals surface area contributed by atoms with Crippen LogP contribution in [0.5, 0.6) is 0 Å². The molecule has 0 unspecified atom stereocenters. The van der Waals surface area contributed by atoms with Gasteiger partial charge in [0.05, 0.1) is 0 Å². The van der Waals surface area contributed by atoms with Gasteiger partial charge in [-0.1, -0.05) is 33.3 Å². The van der Waals surface area contributed by atoms with Crippen LogP contribution < -0.4 is 0 Å². The maximum Gasteiger partial charge on any atom is 0.0320 e. The van der Waals surface area contributed by atoms with Crippen molar-refractivity contribution in [2.24, 2.45) is 5.10 Å². The van der Waals surface area contributed by atoms with Gasteiger partial charge in [-0.15, -0.1) is 0 Å². The Morgan fingerprint density at radius 3 is 1.72 bits per heavy atom. The van der Waals surface area contributed by atoms with Crippen LogP contribution in [0, 0.1) is 0 Å². The van der Waals surface area contributed by atoms with Gasteiger partial charge < -0.3 is 4.90 Å². The Kier molecular flexibility index (Phi) is 20.1. The molecule has 3 nitrogen and oxygen atoms in total. The number of hydrazone groups is 1. The molecule has 0 aliphatic carbocycles. The molecule has 3 heteroatoms. The van der Waals surface area contributed by atoms with E-state index in [0.717, 1.165) is 13.0 Å². The van der Waals surface area contributed by atoms with Crippen molar-refractivity contribution in [3.05, 3.63) is 11.3 Å². The third kappa shape index (κ3) is 15.2. The molecule has 0 amide bonds. The summed E-state index contributed by atoms with van der Waals surface area (Å²) in [5, 5.41) is 6.26. The summed E-state index contributed by atoms with van der Waals surface area (Å²) < 4.78 is 0. The highest BCUT2D eigenvalue weighted by Crippen LogP contribution is 2.06. The average Bonchev–Trinajstić information content (AvgIpc) is 2.37. The molecule has 0 fully saturated rings. The highest BCUT2D eigenvalue weighted by Gasteiger charge is 1.96. The molecule has 0 aromatic rings. The van der Waals surface area contributed by atoms with Gasteiger partial charge in [0.15, 0.2) is 0 Å². The minimum Gasteiger partial charge on any atom is -0.309 e. The molecule has 18 heavy (non-hydrogen) atoms. The van der Waals surface area contributed by atoms with Crippen LogP contribution in [0.1, 0.15) is 54.9 Å². The lowest BCUT2D eigenvalue weighted by molar-refractivity contribution is 0.416. The third-order valence-corrected chi connectivity index (χ3v) is 2.17. The average molecular weight is 257 g/mol. The smallest absolute Gasteiger partial charge is 0.0320 e. The fourth-order valence-corrected chi connectivity index (χ4v) is 0.906. The topological polar surface area (TPSA) is 18.8 Å². The van der Waals surface area contributed by atoms with E-state index in [1.807, 2.05) is 46.0 Å². The highest BCUT2D eigenvalue weighted by molar-refractivity contribution is 5.57. The van der Waals surface area contributed by atoms with Crippen molar-refractivity contribution in [2.45, 2.75) is 54.9 Å². The number of allylic oxidation sites excluding steroid dienone is 2. The summed E-state index contributed by atoms with van der Waals surface area (Å²) in [5.41, 5.74) is 2.52. The van der Waals surface area contributed by atoms with Crippen molar-refractivity contribution in [1.29, 1.82) is 0 Å². The first-order chi connectivity index (χ1) is 8.45. The second-order valence-electron chi connectivity index (χ2n) is 4.00. The van der Waals surface area contributed by atoms with Crippen LogP contribution >= 0.6 is 0 Å². The molecule has 0 heterocycles. The van der Waals surface area contributed by atoms with Crippen LogP contribution in [0.4, 0.5) is 0 Å². The quantitative estimate of drug-likeness (QED) is 0.542. The minimum atomic E-state index is 0.993. The van der Waals surface area contributed by atoms with Gasteiger partial charge in [-0.2, -0.15) is 5.10 Å². The van der Waals surface area contributed by atoms with Gasteiger partial charge in [-0.05, 0) is 41.3 Å². The summed E-state index contributed by atoms with van der Waals surface area (Å²) in [6.45, 7) is 15.3. The predicted molar refractivity (Wildman–Crippen MR) is 86.2 cm³/mol. The molecule has 0 radical (unpaired) electrons. The highest BCUT2D eigenvalue weighted by atomic mass is 15.4. The van der Waals surface area contributed by atoms with Crippen molar-refractivity contribution in [1.82, 2.24) is 9.91 Å². The van der Waals surface area contributed by atoms with E-state index >= 15 is 0 Å². The molecule has 0 rings (SSSR count). The molecular weight excluding hydrogens is 222 g/mol. The monoisotopic (exact) mass is 257 g/mol. The van der Waals surface area contributed by atoms with Gasteiger partial charge in [0.2, 0.25) is 0 Å². The molecule has 0 atom stereocenters. The first-order valence-corrected chi connectivity index (χ1v) is 7.00. The second-order valence-corrected chi connectivity index (χ2v) is 4.00. The van der Waals surface area contributed by atoms with Crippen LogP contribution in [-0.2, 0) is 0 Å². The van der Waals surface area contributed by atoms with Crippen molar-refractivity contribution in [3.8, 4) is 0 Å². The summed E-state index contributed by atoms with van der Waals surface area (Å²) in [5.74, 6) is 0. The lowest BCUT2D eigenvalue weighted by Crippen LogP contribution is -2.14. The number of hydrogen-bond donors (Lipinski definition) is 0. The predicted octanol–water partition coefficient (Wildman–Crippen LogP) is 4.22. The van der Waals surface area contributed by atoms with E-state index in [0.29, 0.717) is 0 Å². The molecule has 0 aliphatic rings. The lowest BCUT2D eigenvalue weighted by atomic mass is 10.3. The lowest BCUT2D eigenvalue weighted by Gasteiger charge is -2.15. The van der Waals surface area contributed by atoms with E-state index in [1.54, 1.807) is 0 Å². The van der Waals surface area contributed by atoms with E-state index in [1.165, 1.54) is 11.3 Å². The van der Waals surface area contributed by atoms with Gasteiger partial charge in [0.1, 0.15) is 0 Å². The standard InChI is InChI=1S/C11H23N3.2C2H6/c1-10(2)11(3)14(6)12-8-7-9-13(4)5;2*1-2/h8H,7,9H2,1-6H3;2*1-2H3/b12-8+;;.